The smallest absolute Gasteiger partial charge is 0.194 e. The van der Waals surface area contributed by atoms with Crippen molar-refractivity contribution in [3.05, 3.63) is 34.9 Å². The Morgan fingerprint density at radius 2 is 1.92 bits per heavy atom. The van der Waals surface area contributed by atoms with Crippen molar-refractivity contribution >= 4 is 10.2 Å². The highest BCUT2D eigenvalue weighted by Gasteiger charge is 2.10. The van der Waals surface area contributed by atoms with E-state index in [0.717, 1.165) is 11.1 Å². The van der Waals surface area contributed by atoms with Crippen molar-refractivity contribution < 1.29 is 12.3 Å². The Labute approximate surface area is 77.6 Å². The summed E-state index contributed by atoms with van der Waals surface area (Å²) in [7, 11) is -4.42. The molecule has 0 fully saturated rings. The van der Waals surface area contributed by atoms with Crippen molar-refractivity contribution in [3.8, 4) is 0 Å². The summed E-state index contributed by atoms with van der Waals surface area (Å²) in [6.45, 7) is 3.60. The van der Waals surface area contributed by atoms with E-state index in [-0.39, 0.29) is 0 Å². The maximum absolute atomic E-state index is 12.4. The van der Waals surface area contributed by atoms with Crippen molar-refractivity contribution in [2.24, 2.45) is 0 Å². The van der Waals surface area contributed by atoms with Gasteiger partial charge in [-0.1, -0.05) is 23.8 Å². The van der Waals surface area contributed by atoms with E-state index in [1.54, 1.807) is 19.1 Å². The summed E-state index contributed by atoms with van der Waals surface area (Å²) in [5, 5.41) is 0. The predicted octanol–water partition coefficient (Wildman–Crippen LogP) is 2.10. The summed E-state index contributed by atoms with van der Waals surface area (Å²) in [5.41, 5.74) is 2.26. The first-order valence-corrected chi connectivity index (χ1v) is 5.42. The van der Waals surface area contributed by atoms with Gasteiger partial charge in [0.15, 0.2) is 0 Å². The molecule has 72 valence electrons. The standard InChI is InChI=1S/C9H11FO2S/c1-7-3-4-8(2)9(5-7)6-13(10,11)12/h3-5H,6H2,1-2H3. The van der Waals surface area contributed by atoms with Crippen LogP contribution in [0.5, 0.6) is 0 Å². The molecule has 0 heterocycles. The van der Waals surface area contributed by atoms with Crippen LogP contribution in [-0.4, -0.2) is 8.42 Å². The minimum absolute atomic E-state index is 0.527. The lowest BCUT2D eigenvalue weighted by molar-refractivity contribution is 0.551. The molecule has 0 saturated heterocycles. The monoisotopic (exact) mass is 202 g/mol. The van der Waals surface area contributed by atoms with E-state index in [1.165, 1.54) is 0 Å². The molecule has 1 aromatic rings. The van der Waals surface area contributed by atoms with Crippen LogP contribution in [0.25, 0.3) is 0 Å². The van der Waals surface area contributed by atoms with Gasteiger partial charge in [0.2, 0.25) is 0 Å². The normalized spacial score (nSPS) is 11.6. The van der Waals surface area contributed by atoms with Gasteiger partial charge in [-0.05, 0) is 25.0 Å². The molecule has 0 saturated carbocycles. The minimum Gasteiger partial charge on any atom is -0.194 e. The lowest BCUT2D eigenvalue weighted by Crippen LogP contribution is -1.98. The number of halogens is 1. The number of benzene rings is 1. The highest BCUT2D eigenvalue weighted by Crippen LogP contribution is 2.14. The van der Waals surface area contributed by atoms with E-state index < -0.39 is 16.0 Å². The molecule has 2 nitrogen and oxygen atoms in total. The molecule has 0 unspecified atom stereocenters. The van der Waals surface area contributed by atoms with E-state index in [4.69, 9.17) is 0 Å². The molecule has 0 N–H and O–H groups in total. The van der Waals surface area contributed by atoms with Crippen molar-refractivity contribution in [2.75, 3.05) is 0 Å². The summed E-state index contributed by atoms with van der Waals surface area (Å²) < 4.78 is 33.2. The van der Waals surface area contributed by atoms with Crippen LogP contribution >= 0.6 is 0 Å². The summed E-state index contributed by atoms with van der Waals surface area (Å²) in [4.78, 5) is 0. The van der Waals surface area contributed by atoms with Gasteiger partial charge in [-0.15, -0.1) is 3.89 Å². The van der Waals surface area contributed by atoms with E-state index in [2.05, 4.69) is 0 Å². The predicted molar refractivity (Wildman–Crippen MR) is 49.6 cm³/mol. The fourth-order valence-electron chi connectivity index (χ4n) is 1.14. The number of hydrogen-bond acceptors (Lipinski definition) is 2. The molecule has 0 amide bonds. The van der Waals surface area contributed by atoms with Gasteiger partial charge in [0.05, 0.1) is 0 Å². The summed E-state index contributed by atoms with van der Waals surface area (Å²) >= 11 is 0. The quantitative estimate of drug-likeness (QED) is 0.688. The Morgan fingerprint density at radius 3 is 2.46 bits per heavy atom. The molecule has 13 heavy (non-hydrogen) atoms. The third-order valence-electron chi connectivity index (χ3n) is 1.83. The first kappa shape index (κ1) is 10.2. The van der Waals surface area contributed by atoms with Gasteiger partial charge < -0.3 is 0 Å². The molecule has 0 atom stereocenters. The summed E-state index contributed by atoms with van der Waals surface area (Å²) in [6, 6.07) is 5.34. The zero-order chi connectivity index (χ0) is 10.1. The van der Waals surface area contributed by atoms with Crippen LogP contribution in [0.15, 0.2) is 18.2 Å². The average Bonchev–Trinajstić information content (AvgIpc) is 1.94. The number of rotatable bonds is 2. The second kappa shape index (κ2) is 3.46. The van der Waals surface area contributed by atoms with E-state index >= 15 is 0 Å². The number of hydrogen-bond donors (Lipinski definition) is 0. The fourth-order valence-corrected chi connectivity index (χ4v) is 1.82. The molecule has 0 aliphatic carbocycles. The highest BCUT2D eigenvalue weighted by atomic mass is 32.3. The Morgan fingerprint density at radius 1 is 1.31 bits per heavy atom. The molecular weight excluding hydrogens is 191 g/mol. The second-order valence-electron chi connectivity index (χ2n) is 3.11. The SMILES string of the molecule is Cc1ccc(C)c(CS(=O)(=O)F)c1. The third kappa shape index (κ3) is 3.14. The van der Waals surface area contributed by atoms with Gasteiger partial charge in [-0.3, -0.25) is 0 Å². The molecule has 1 rings (SSSR count). The maximum atomic E-state index is 12.4. The Bertz CT molecular complexity index is 410. The van der Waals surface area contributed by atoms with E-state index in [1.807, 2.05) is 13.0 Å². The largest absolute Gasteiger partial charge is 0.306 e. The molecule has 0 aromatic heterocycles. The highest BCUT2D eigenvalue weighted by molar-refractivity contribution is 7.85. The molecule has 0 bridgehead atoms. The van der Waals surface area contributed by atoms with Gasteiger partial charge in [0.25, 0.3) is 0 Å². The second-order valence-corrected chi connectivity index (χ2v) is 4.48. The first-order chi connectivity index (χ1) is 5.88. The van der Waals surface area contributed by atoms with Crippen molar-refractivity contribution in [2.45, 2.75) is 19.6 Å². The molecule has 4 heteroatoms. The lowest BCUT2D eigenvalue weighted by Gasteiger charge is -2.03. The van der Waals surface area contributed by atoms with Crippen molar-refractivity contribution in [1.82, 2.24) is 0 Å². The first-order valence-electron chi connectivity index (χ1n) is 3.87. The molecule has 1 aromatic carbocycles. The van der Waals surface area contributed by atoms with Gasteiger partial charge in [-0.2, -0.15) is 8.42 Å². The van der Waals surface area contributed by atoms with Gasteiger partial charge in [0.1, 0.15) is 5.75 Å². The van der Waals surface area contributed by atoms with E-state index in [0.29, 0.717) is 5.56 Å². The van der Waals surface area contributed by atoms with Crippen LogP contribution in [0.2, 0.25) is 0 Å². The molecule has 0 spiro atoms. The lowest BCUT2D eigenvalue weighted by atomic mass is 10.1. The van der Waals surface area contributed by atoms with Crippen LogP contribution in [0.3, 0.4) is 0 Å². The van der Waals surface area contributed by atoms with Crippen LogP contribution < -0.4 is 0 Å². The Hall–Kier alpha value is -0.900. The molecule has 0 aliphatic rings. The average molecular weight is 202 g/mol. The minimum atomic E-state index is -4.42. The summed E-state index contributed by atoms with van der Waals surface area (Å²) in [5.74, 6) is -0.527. The number of aryl methyl sites for hydroxylation is 2. The van der Waals surface area contributed by atoms with Crippen molar-refractivity contribution in [3.63, 3.8) is 0 Å². The zero-order valence-electron chi connectivity index (χ0n) is 7.54. The van der Waals surface area contributed by atoms with Gasteiger partial charge in [-0.25, -0.2) is 0 Å². The van der Waals surface area contributed by atoms with Gasteiger partial charge >= 0.3 is 10.2 Å². The third-order valence-corrected chi connectivity index (χ3v) is 2.49. The fraction of sp³-hybridized carbons (Fsp3) is 0.333. The van der Waals surface area contributed by atoms with Gasteiger partial charge in [0, 0.05) is 0 Å². The van der Waals surface area contributed by atoms with Crippen LogP contribution in [0.1, 0.15) is 16.7 Å². The topological polar surface area (TPSA) is 34.1 Å². The Balaban J connectivity index is 3.08. The maximum Gasteiger partial charge on any atom is 0.306 e. The molecule has 0 aliphatic heterocycles. The van der Waals surface area contributed by atoms with E-state index in [9.17, 15) is 12.3 Å². The Kier molecular flexibility index (Phi) is 2.71. The van der Waals surface area contributed by atoms with Crippen LogP contribution in [0.4, 0.5) is 3.89 Å². The van der Waals surface area contributed by atoms with Crippen LogP contribution in [0, 0.1) is 13.8 Å². The summed E-state index contributed by atoms with van der Waals surface area (Å²) in [6.07, 6.45) is 0. The van der Waals surface area contributed by atoms with Crippen molar-refractivity contribution in [1.29, 1.82) is 0 Å². The zero-order valence-corrected chi connectivity index (χ0v) is 8.36. The molecular formula is C9H11FO2S. The molecule has 0 radical (unpaired) electrons. The van der Waals surface area contributed by atoms with Crippen LogP contribution in [-0.2, 0) is 16.0 Å².